The average molecular weight is 237 g/mol. The van der Waals surface area contributed by atoms with Crippen LogP contribution in [-0.4, -0.2) is 29.2 Å². The van der Waals surface area contributed by atoms with Crippen LogP contribution >= 0.6 is 0 Å². The van der Waals surface area contributed by atoms with Crippen molar-refractivity contribution in [3.8, 4) is 0 Å². The van der Waals surface area contributed by atoms with Crippen LogP contribution in [0.2, 0.25) is 0 Å². The van der Waals surface area contributed by atoms with Crippen molar-refractivity contribution >= 4 is 11.6 Å². The van der Waals surface area contributed by atoms with E-state index >= 15 is 0 Å². The molecule has 4 N–H and O–H groups in total. The van der Waals surface area contributed by atoms with Crippen LogP contribution in [0, 0.1) is 5.92 Å². The molecule has 2 heterocycles. The van der Waals surface area contributed by atoms with Gasteiger partial charge >= 0.3 is 0 Å². The van der Waals surface area contributed by atoms with Gasteiger partial charge in [-0.15, -0.1) is 0 Å². The Labute approximate surface area is 101 Å². The molecule has 0 saturated carbocycles. The van der Waals surface area contributed by atoms with E-state index < -0.39 is 0 Å². The predicted molar refractivity (Wildman–Crippen MR) is 66.5 cm³/mol. The Bertz CT molecular complexity index is 359. The number of nitrogen functional groups attached to an aromatic ring is 1. The second kappa shape index (κ2) is 5.79. The van der Waals surface area contributed by atoms with Crippen molar-refractivity contribution < 1.29 is 4.74 Å². The molecule has 2 atom stereocenters. The molecule has 0 bridgehead atoms. The van der Waals surface area contributed by atoms with Crippen LogP contribution in [0.3, 0.4) is 0 Å². The first-order valence-corrected chi connectivity index (χ1v) is 5.97. The Morgan fingerprint density at radius 3 is 3.06 bits per heavy atom. The first-order valence-electron chi connectivity index (χ1n) is 5.97. The molecule has 0 aromatic carbocycles. The Morgan fingerprint density at radius 1 is 1.47 bits per heavy atom. The average Bonchev–Trinajstić information content (AvgIpc) is 2.84. The van der Waals surface area contributed by atoms with Gasteiger partial charge in [0.05, 0.1) is 18.5 Å². The smallest absolute Gasteiger partial charge is 0.160 e. The van der Waals surface area contributed by atoms with Gasteiger partial charge in [-0.2, -0.15) is 0 Å². The third-order valence-electron chi connectivity index (χ3n) is 3.08. The second-order valence-corrected chi connectivity index (χ2v) is 4.18. The number of hydrazine groups is 1. The molecule has 1 aromatic heterocycles. The van der Waals surface area contributed by atoms with Gasteiger partial charge in [0.25, 0.3) is 0 Å². The summed E-state index contributed by atoms with van der Waals surface area (Å²) < 4.78 is 5.64. The Kier molecular flexibility index (Phi) is 4.11. The summed E-state index contributed by atoms with van der Waals surface area (Å²) >= 11 is 0. The molecule has 2 unspecified atom stereocenters. The van der Waals surface area contributed by atoms with Crippen molar-refractivity contribution in [2.75, 3.05) is 23.9 Å². The molecule has 94 valence electrons. The number of hydrogen-bond donors (Lipinski definition) is 3. The van der Waals surface area contributed by atoms with Gasteiger partial charge in [-0.3, -0.25) is 4.98 Å². The number of aromatic nitrogens is 2. The normalized spacial score (nSPS) is 23.6. The quantitative estimate of drug-likeness (QED) is 0.523. The molecule has 6 nitrogen and oxygen atoms in total. The lowest BCUT2D eigenvalue weighted by Gasteiger charge is -2.17. The van der Waals surface area contributed by atoms with Crippen LogP contribution < -0.4 is 16.6 Å². The van der Waals surface area contributed by atoms with Crippen molar-refractivity contribution in [1.82, 2.24) is 9.97 Å². The van der Waals surface area contributed by atoms with Gasteiger partial charge in [0.2, 0.25) is 0 Å². The van der Waals surface area contributed by atoms with E-state index in [-0.39, 0.29) is 0 Å². The zero-order chi connectivity index (χ0) is 12.1. The molecule has 0 aliphatic carbocycles. The molecular weight excluding hydrogens is 218 g/mol. The lowest BCUT2D eigenvalue weighted by Crippen LogP contribution is -2.23. The van der Waals surface area contributed by atoms with Crippen molar-refractivity contribution in [3.05, 3.63) is 12.4 Å². The van der Waals surface area contributed by atoms with Gasteiger partial charge < -0.3 is 15.5 Å². The lowest BCUT2D eigenvalue weighted by atomic mass is 10.00. The highest BCUT2D eigenvalue weighted by Gasteiger charge is 2.26. The van der Waals surface area contributed by atoms with Crippen LogP contribution in [-0.2, 0) is 4.74 Å². The second-order valence-electron chi connectivity index (χ2n) is 4.18. The van der Waals surface area contributed by atoms with Crippen molar-refractivity contribution in [2.45, 2.75) is 25.9 Å². The largest absolute Gasteiger partial charge is 0.378 e. The number of rotatable bonds is 5. The van der Waals surface area contributed by atoms with E-state index in [2.05, 4.69) is 27.6 Å². The van der Waals surface area contributed by atoms with Gasteiger partial charge in [-0.1, -0.05) is 6.92 Å². The van der Waals surface area contributed by atoms with E-state index in [0.29, 0.717) is 17.8 Å². The Hall–Kier alpha value is -1.40. The summed E-state index contributed by atoms with van der Waals surface area (Å²) in [7, 11) is 0. The van der Waals surface area contributed by atoms with Crippen LogP contribution in [0.15, 0.2) is 12.4 Å². The van der Waals surface area contributed by atoms with E-state index in [1.807, 2.05) is 0 Å². The fraction of sp³-hybridized carbons (Fsp3) is 0.636. The summed E-state index contributed by atoms with van der Waals surface area (Å²) in [5.41, 5.74) is 2.48. The van der Waals surface area contributed by atoms with Crippen molar-refractivity contribution in [3.63, 3.8) is 0 Å². The molecule has 1 aliphatic rings. The maximum atomic E-state index is 5.64. The molecule has 1 saturated heterocycles. The molecular formula is C11H19N5O. The van der Waals surface area contributed by atoms with Crippen LogP contribution in [0.1, 0.15) is 19.8 Å². The first-order chi connectivity index (χ1) is 8.33. The van der Waals surface area contributed by atoms with Gasteiger partial charge in [-0.25, -0.2) is 10.8 Å². The maximum absolute atomic E-state index is 5.64. The third-order valence-corrected chi connectivity index (χ3v) is 3.08. The van der Waals surface area contributed by atoms with Gasteiger partial charge in [0.1, 0.15) is 5.82 Å². The summed E-state index contributed by atoms with van der Waals surface area (Å²) in [4.78, 5) is 8.29. The number of hydrogen-bond acceptors (Lipinski definition) is 6. The number of nitrogens with zero attached hydrogens (tertiary/aromatic N) is 2. The zero-order valence-corrected chi connectivity index (χ0v) is 10.0. The van der Waals surface area contributed by atoms with Gasteiger partial charge in [-0.05, 0) is 12.8 Å². The van der Waals surface area contributed by atoms with Crippen LogP contribution in [0.25, 0.3) is 0 Å². The first kappa shape index (κ1) is 12.1. The molecule has 1 aromatic rings. The molecule has 17 heavy (non-hydrogen) atoms. The minimum Gasteiger partial charge on any atom is -0.378 e. The number of ether oxygens (including phenoxy) is 1. The van der Waals surface area contributed by atoms with Crippen molar-refractivity contribution in [1.29, 1.82) is 0 Å². The summed E-state index contributed by atoms with van der Waals surface area (Å²) in [5.74, 6) is 7.13. The van der Waals surface area contributed by atoms with E-state index in [1.54, 1.807) is 12.4 Å². The highest BCUT2D eigenvalue weighted by Crippen LogP contribution is 2.23. The Balaban J connectivity index is 1.88. The lowest BCUT2D eigenvalue weighted by molar-refractivity contribution is 0.0900. The molecule has 1 fully saturated rings. The minimum atomic E-state index is 0.367. The topological polar surface area (TPSA) is 85.1 Å². The van der Waals surface area contributed by atoms with Crippen LogP contribution in [0.4, 0.5) is 11.6 Å². The molecule has 0 amide bonds. The number of anilines is 2. The van der Waals surface area contributed by atoms with Gasteiger partial charge in [0.15, 0.2) is 5.82 Å². The zero-order valence-electron chi connectivity index (χ0n) is 10.0. The molecule has 1 aliphatic heterocycles. The number of nitrogens with one attached hydrogen (secondary N) is 2. The molecule has 6 heteroatoms. The van der Waals surface area contributed by atoms with E-state index in [4.69, 9.17) is 10.6 Å². The highest BCUT2D eigenvalue weighted by molar-refractivity contribution is 5.40. The monoisotopic (exact) mass is 237 g/mol. The predicted octanol–water partition coefficient (Wildman–Crippen LogP) is 0.989. The standard InChI is InChI=1S/C11H19N5O/c1-2-9-8(3-4-17-9)5-14-10-6-13-7-11(15-10)16-12/h6-9H,2-5,12H2,1H3,(H2,14,15,16). The summed E-state index contributed by atoms with van der Waals surface area (Å²) in [6.07, 6.45) is 5.80. The Morgan fingerprint density at radius 2 is 2.29 bits per heavy atom. The summed E-state index contributed by atoms with van der Waals surface area (Å²) in [5, 5.41) is 3.28. The fourth-order valence-corrected chi connectivity index (χ4v) is 2.13. The van der Waals surface area contributed by atoms with E-state index in [1.165, 1.54) is 0 Å². The highest BCUT2D eigenvalue weighted by atomic mass is 16.5. The van der Waals surface area contributed by atoms with E-state index in [0.717, 1.165) is 31.8 Å². The van der Waals surface area contributed by atoms with E-state index in [9.17, 15) is 0 Å². The molecule has 0 radical (unpaired) electrons. The van der Waals surface area contributed by atoms with Gasteiger partial charge in [0, 0.05) is 19.1 Å². The molecule has 0 spiro atoms. The summed E-state index contributed by atoms with van der Waals surface area (Å²) in [6, 6.07) is 0. The molecule has 2 rings (SSSR count). The number of nitrogens with two attached hydrogens (primary N) is 1. The maximum Gasteiger partial charge on any atom is 0.160 e. The fourth-order valence-electron chi connectivity index (χ4n) is 2.13. The third kappa shape index (κ3) is 3.04. The summed E-state index contributed by atoms with van der Waals surface area (Å²) in [6.45, 7) is 3.88. The van der Waals surface area contributed by atoms with Crippen molar-refractivity contribution in [2.24, 2.45) is 11.8 Å². The minimum absolute atomic E-state index is 0.367. The SMILES string of the molecule is CCC1OCCC1CNc1cncc(NN)n1. The van der Waals surface area contributed by atoms with Crippen LogP contribution in [0.5, 0.6) is 0 Å².